The van der Waals surface area contributed by atoms with Crippen LogP contribution in [0.3, 0.4) is 0 Å². The van der Waals surface area contributed by atoms with Gasteiger partial charge in [0.2, 0.25) is 5.91 Å². The molecular weight excluding hydrogens is 236 g/mol. The molecular formula is C16H26N2O. The van der Waals surface area contributed by atoms with Gasteiger partial charge in [0.1, 0.15) is 0 Å². The standard InChI is InChI=1S/C16H26N2O/c1-11-6-7-12(2)14(8-11)16(4,5)10-18-15(19)13(3)9-17/h6-8,13H,9-10,17H2,1-5H3,(H,18,19). The van der Waals surface area contributed by atoms with Crippen molar-refractivity contribution in [2.75, 3.05) is 13.1 Å². The molecule has 19 heavy (non-hydrogen) atoms. The largest absolute Gasteiger partial charge is 0.355 e. The van der Waals surface area contributed by atoms with Crippen molar-refractivity contribution in [3.05, 3.63) is 34.9 Å². The smallest absolute Gasteiger partial charge is 0.224 e. The minimum atomic E-state index is -0.130. The Morgan fingerprint density at radius 3 is 2.58 bits per heavy atom. The minimum absolute atomic E-state index is 0.0286. The lowest BCUT2D eigenvalue weighted by atomic mass is 9.81. The van der Waals surface area contributed by atoms with Gasteiger partial charge >= 0.3 is 0 Å². The van der Waals surface area contributed by atoms with Gasteiger partial charge in [0.15, 0.2) is 0 Å². The fraction of sp³-hybridized carbons (Fsp3) is 0.562. The Balaban J connectivity index is 2.81. The summed E-state index contributed by atoms with van der Waals surface area (Å²) in [7, 11) is 0. The molecule has 0 saturated carbocycles. The van der Waals surface area contributed by atoms with E-state index in [0.29, 0.717) is 13.1 Å². The number of aryl methyl sites for hydroxylation is 2. The summed E-state index contributed by atoms with van der Waals surface area (Å²) in [5.41, 5.74) is 9.22. The van der Waals surface area contributed by atoms with Crippen molar-refractivity contribution in [3.8, 4) is 0 Å². The Kier molecular flexibility index (Phi) is 5.12. The number of carbonyl (C=O) groups excluding carboxylic acids is 1. The first-order chi connectivity index (χ1) is 8.77. The fourth-order valence-electron chi connectivity index (χ4n) is 2.15. The molecule has 1 unspecified atom stereocenters. The average molecular weight is 262 g/mol. The molecule has 3 nitrogen and oxygen atoms in total. The van der Waals surface area contributed by atoms with Crippen LogP contribution in [0.2, 0.25) is 0 Å². The lowest BCUT2D eigenvalue weighted by Gasteiger charge is -2.28. The number of amides is 1. The van der Waals surface area contributed by atoms with E-state index in [9.17, 15) is 4.79 Å². The summed E-state index contributed by atoms with van der Waals surface area (Å²) in [6.07, 6.45) is 0. The zero-order valence-electron chi connectivity index (χ0n) is 12.7. The maximum atomic E-state index is 11.8. The summed E-state index contributed by atoms with van der Waals surface area (Å²) >= 11 is 0. The third-order valence-electron chi connectivity index (χ3n) is 3.63. The molecule has 1 aromatic rings. The van der Waals surface area contributed by atoms with E-state index < -0.39 is 0 Å². The zero-order valence-corrected chi connectivity index (χ0v) is 12.7. The summed E-state index contributed by atoms with van der Waals surface area (Å²) in [5.74, 6) is -0.102. The predicted molar refractivity (Wildman–Crippen MR) is 80.2 cm³/mol. The van der Waals surface area contributed by atoms with Crippen molar-refractivity contribution in [2.24, 2.45) is 11.7 Å². The van der Waals surface area contributed by atoms with Gasteiger partial charge in [-0.15, -0.1) is 0 Å². The van der Waals surface area contributed by atoms with Crippen LogP contribution in [-0.2, 0) is 10.2 Å². The van der Waals surface area contributed by atoms with Crippen molar-refractivity contribution < 1.29 is 4.79 Å². The molecule has 0 fully saturated rings. The minimum Gasteiger partial charge on any atom is -0.355 e. The molecule has 106 valence electrons. The summed E-state index contributed by atoms with van der Waals surface area (Å²) < 4.78 is 0. The topological polar surface area (TPSA) is 55.1 Å². The number of hydrogen-bond donors (Lipinski definition) is 2. The molecule has 0 aliphatic rings. The lowest BCUT2D eigenvalue weighted by Crippen LogP contribution is -2.41. The van der Waals surface area contributed by atoms with Gasteiger partial charge in [-0.2, -0.15) is 0 Å². The van der Waals surface area contributed by atoms with Crippen LogP contribution < -0.4 is 11.1 Å². The van der Waals surface area contributed by atoms with E-state index >= 15 is 0 Å². The van der Waals surface area contributed by atoms with E-state index in [1.165, 1.54) is 16.7 Å². The van der Waals surface area contributed by atoms with E-state index in [2.05, 4.69) is 51.2 Å². The van der Waals surface area contributed by atoms with Gasteiger partial charge < -0.3 is 11.1 Å². The van der Waals surface area contributed by atoms with E-state index in [0.717, 1.165) is 0 Å². The van der Waals surface area contributed by atoms with Crippen LogP contribution in [0.5, 0.6) is 0 Å². The molecule has 0 saturated heterocycles. The third kappa shape index (κ3) is 4.06. The van der Waals surface area contributed by atoms with Crippen LogP contribution in [0.4, 0.5) is 0 Å². The Morgan fingerprint density at radius 1 is 1.37 bits per heavy atom. The van der Waals surface area contributed by atoms with Crippen LogP contribution in [-0.4, -0.2) is 19.0 Å². The van der Waals surface area contributed by atoms with E-state index in [1.54, 1.807) is 0 Å². The highest BCUT2D eigenvalue weighted by molar-refractivity contribution is 5.78. The number of benzene rings is 1. The fourth-order valence-corrected chi connectivity index (χ4v) is 2.15. The zero-order chi connectivity index (χ0) is 14.6. The first-order valence-electron chi connectivity index (χ1n) is 6.83. The van der Waals surface area contributed by atoms with Crippen LogP contribution >= 0.6 is 0 Å². The average Bonchev–Trinajstić information content (AvgIpc) is 2.37. The molecule has 3 N–H and O–H groups in total. The molecule has 0 bridgehead atoms. The van der Waals surface area contributed by atoms with Gasteiger partial charge in [-0.05, 0) is 25.0 Å². The van der Waals surface area contributed by atoms with Crippen LogP contribution in [0, 0.1) is 19.8 Å². The number of nitrogens with one attached hydrogen (secondary N) is 1. The maximum Gasteiger partial charge on any atom is 0.224 e. The molecule has 0 radical (unpaired) electrons. The normalized spacial score (nSPS) is 13.2. The second kappa shape index (κ2) is 6.20. The molecule has 3 heteroatoms. The van der Waals surface area contributed by atoms with Crippen molar-refractivity contribution in [3.63, 3.8) is 0 Å². The first-order valence-corrected chi connectivity index (χ1v) is 6.83. The van der Waals surface area contributed by atoms with Crippen molar-refractivity contribution >= 4 is 5.91 Å². The van der Waals surface area contributed by atoms with Crippen LogP contribution in [0.25, 0.3) is 0 Å². The Hall–Kier alpha value is -1.35. The summed E-state index contributed by atoms with van der Waals surface area (Å²) in [6, 6.07) is 6.45. The molecule has 1 amide bonds. The first kappa shape index (κ1) is 15.7. The highest BCUT2D eigenvalue weighted by atomic mass is 16.1. The number of rotatable bonds is 5. The van der Waals surface area contributed by atoms with Gasteiger partial charge in [-0.3, -0.25) is 4.79 Å². The Bertz CT molecular complexity index is 452. The summed E-state index contributed by atoms with van der Waals surface area (Å²) in [4.78, 5) is 11.8. The second-order valence-electron chi connectivity index (χ2n) is 6.06. The molecule has 0 heterocycles. The number of hydrogen-bond acceptors (Lipinski definition) is 2. The van der Waals surface area contributed by atoms with Crippen molar-refractivity contribution in [1.82, 2.24) is 5.32 Å². The summed E-state index contributed by atoms with van der Waals surface area (Å²) in [5, 5.41) is 3.00. The molecule has 1 aromatic carbocycles. The third-order valence-corrected chi connectivity index (χ3v) is 3.63. The predicted octanol–water partition coefficient (Wildman–Crippen LogP) is 2.29. The quantitative estimate of drug-likeness (QED) is 0.855. The molecule has 0 aromatic heterocycles. The maximum absolute atomic E-state index is 11.8. The Morgan fingerprint density at radius 2 is 2.00 bits per heavy atom. The van der Waals surface area contributed by atoms with Crippen LogP contribution in [0.1, 0.15) is 37.5 Å². The molecule has 0 aliphatic carbocycles. The van der Waals surface area contributed by atoms with Gasteiger partial charge in [-0.25, -0.2) is 0 Å². The molecule has 1 atom stereocenters. The van der Waals surface area contributed by atoms with Crippen LogP contribution in [0.15, 0.2) is 18.2 Å². The van der Waals surface area contributed by atoms with E-state index in [-0.39, 0.29) is 17.2 Å². The molecule has 0 spiro atoms. The summed E-state index contributed by atoms with van der Waals surface area (Å²) in [6.45, 7) is 11.4. The van der Waals surface area contributed by atoms with E-state index in [1.807, 2.05) is 6.92 Å². The van der Waals surface area contributed by atoms with Gasteiger partial charge in [0.05, 0.1) is 0 Å². The van der Waals surface area contributed by atoms with Crippen molar-refractivity contribution in [2.45, 2.75) is 40.0 Å². The molecule has 0 aliphatic heterocycles. The number of nitrogens with two attached hydrogens (primary N) is 1. The highest BCUT2D eigenvalue weighted by Gasteiger charge is 2.24. The van der Waals surface area contributed by atoms with Gasteiger partial charge in [0.25, 0.3) is 0 Å². The number of carbonyl (C=O) groups is 1. The van der Waals surface area contributed by atoms with Crippen molar-refractivity contribution in [1.29, 1.82) is 0 Å². The monoisotopic (exact) mass is 262 g/mol. The van der Waals surface area contributed by atoms with Gasteiger partial charge in [0, 0.05) is 24.4 Å². The second-order valence-corrected chi connectivity index (χ2v) is 6.06. The van der Waals surface area contributed by atoms with Gasteiger partial charge in [-0.1, -0.05) is 44.5 Å². The van der Waals surface area contributed by atoms with E-state index in [4.69, 9.17) is 5.73 Å². The SMILES string of the molecule is Cc1ccc(C)c(C(C)(C)CNC(=O)C(C)CN)c1. The lowest BCUT2D eigenvalue weighted by molar-refractivity contribution is -0.124. The highest BCUT2D eigenvalue weighted by Crippen LogP contribution is 2.26. The molecule has 1 rings (SSSR count). The Labute approximate surface area is 116 Å².